The van der Waals surface area contributed by atoms with Gasteiger partial charge in [0.25, 0.3) is 11.8 Å². The van der Waals surface area contributed by atoms with Gasteiger partial charge >= 0.3 is 0 Å². The maximum atomic E-state index is 12.3. The van der Waals surface area contributed by atoms with E-state index in [0.717, 1.165) is 25.0 Å². The number of carbonyl (C=O) groups excluding carboxylic acids is 2. The largest absolute Gasteiger partial charge is 0.484 e. The molecule has 1 aliphatic heterocycles. The van der Waals surface area contributed by atoms with Crippen LogP contribution >= 0.6 is 0 Å². The highest BCUT2D eigenvalue weighted by atomic mass is 16.5. The van der Waals surface area contributed by atoms with E-state index in [9.17, 15) is 14.9 Å². The summed E-state index contributed by atoms with van der Waals surface area (Å²) in [7, 11) is 0. The van der Waals surface area contributed by atoms with Crippen molar-refractivity contribution in [1.82, 2.24) is 10.6 Å². The van der Waals surface area contributed by atoms with Crippen molar-refractivity contribution in [1.29, 1.82) is 5.26 Å². The minimum atomic E-state index is -0.436. The van der Waals surface area contributed by atoms with E-state index in [4.69, 9.17) is 9.47 Å². The lowest BCUT2D eigenvalue weighted by atomic mass is 10.1. The number of hydrogen-bond acceptors (Lipinski definition) is 5. The molecule has 2 amide bonds. The highest BCUT2D eigenvalue weighted by Crippen LogP contribution is 2.15. The minimum absolute atomic E-state index is 0.0121. The van der Waals surface area contributed by atoms with Gasteiger partial charge in [-0.05, 0) is 42.2 Å². The van der Waals surface area contributed by atoms with E-state index >= 15 is 0 Å². The van der Waals surface area contributed by atoms with Crippen molar-refractivity contribution in [3.05, 3.63) is 71.3 Å². The Morgan fingerprint density at radius 2 is 1.90 bits per heavy atom. The van der Waals surface area contributed by atoms with Gasteiger partial charge in [-0.25, -0.2) is 0 Å². The minimum Gasteiger partial charge on any atom is -0.484 e. The number of nitriles is 1. The van der Waals surface area contributed by atoms with Crippen LogP contribution in [0.5, 0.6) is 5.75 Å². The first-order chi connectivity index (χ1) is 15.1. The van der Waals surface area contributed by atoms with E-state index in [1.165, 1.54) is 6.08 Å². The summed E-state index contributed by atoms with van der Waals surface area (Å²) in [6.07, 6.45) is 3.60. The average molecular weight is 419 g/mol. The fourth-order valence-electron chi connectivity index (χ4n) is 3.08. The molecule has 2 aromatic carbocycles. The van der Waals surface area contributed by atoms with E-state index in [2.05, 4.69) is 10.6 Å². The monoisotopic (exact) mass is 419 g/mol. The molecule has 0 aromatic heterocycles. The Labute approximate surface area is 181 Å². The summed E-state index contributed by atoms with van der Waals surface area (Å²) in [6.45, 7) is 1.50. The zero-order valence-electron chi connectivity index (χ0n) is 17.2. The molecule has 1 heterocycles. The molecule has 1 aliphatic rings. The Morgan fingerprint density at radius 1 is 1.13 bits per heavy atom. The maximum Gasteiger partial charge on any atom is 0.262 e. The summed E-state index contributed by atoms with van der Waals surface area (Å²) in [5.74, 6) is -0.118. The van der Waals surface area contributed by atoms with E-state index in [1.807, 2.05) is 36.4 Å². The lowest BCUT2D eigenvalue weighted by Gasteiger charge is -2.11. The van der Waals surface area contributed by atoms with Gasteiger partial charge in [-0.15, -0.1) is 0 Å². The third-order valence-corrected chi connectivity index (χ3v) is 4.77. The first-order valence-corrected chi connectivity index (χ1v) is 10.2. The number of amides is 2. The van der Waals surface area contributed by atoms with Gasteiger partial charge in [0.2, 0.25) is 0 Å². The van der Waals surface area contributed by atoms with Gasteiger partial charge < -0.3 is 20.1 Å². The van der Waals surface area contributed by atoms with Gasteiger partial charge in [0.1, 0.15) is 17.4 Å². The predicted molar refractivity (Wildman–Crippen MR) is 116 cm³/mol. The van der Waals surface area contributed by atoms with Gasteiger partial charge in [0.15, 0.2) is 6.61 Å². The van der Waals surface area contributed by atoms with Gasteiger partial charge in [0, 0.05) is 19.7 Å². The van der Waals surface area contributed by atoms with Crippen LogP contribution in [0, 0.1) is 11.3 Å². The van der Waals surface area contributed by atoms with Crippen molar-refractivity contribution in [3.8, 4) is 11.8 Å². The lowest BCUT2D eigenvalue weighted by Crippen LogP contribution is -2.35. The van der Waals surface area contributed by atoms with Crippen LogP contribution in [0.25, 0.3) is 6.08 Å². The first-order valence-electron chi connectivity index (χ1n) is 10.2. The highest BCUT2D eigenvalue weighted by Gasteiger charge is 2.16. The van der Waals surface area contributed by atoms with Gasteiger partial charge in [-0.2, -0.15) is 5.26 Å². The number of benzene rings is 2. The SMILES string of the molecule is N#C/C(=C\c1ccc(OCC(=O)NC[C@@H]2CCCO2)cc1)C(=O)NCc1ccccc1. The van der Waals surface area contributed by atoms with Gasteiger partial charge in [0.05, 0.1) is 6.10 Å². The van der Waals surface area contributed by atoms with Crippen molar-refractivity contribution in [2.75, 3.05) is 19.8 Å². The van der Waals surface area contributed by atoms with Crippen LogP contribution in [0.4, 0.5) is 0 Å². The third kappa shape index (κ3) is 7.28. The van der Waals surface area contributed by atoms with E-state index < -0.39 is 5.91 Å². The number of hydrogen-bond donors (Lipinski definition) is 2. The summed E-state index contributed by atoms with van der Waals surface area (Å²) in [6, 6.07) is 18.2. The van der Waals surface area contributed by atoms with Crippen molar-refractivity contribution in [2.24, 2.45) is 0 Å². The van der Waals surface area contributed by atoms with Crippen molar-refractivity contribution < 1.29 is 19.1 Å². The van der Waals surface area contributed by atoms with Crippen LogP contribution in [0.3, 0.4) is 0 Å². The molecule has 0 spiro atoms. The van der Waals surface area contributed by atoms with Crippen LogP contribution in [0.15, 0.2) is 60.2 Å². The first kappa shape index (κ1) is 22.1. The molecule has 0 aliphatic carbocycles. The summed E-state index contributed by atoms with van der Waals surface area (Å²) in [5.41, 5.74) is 1.65. The Balaban J connectivity index is 1.47. The average Bonchev–Trinajstić information content (AvgIpc) is 3.33. The summed E-state index contributed by atoms with van der Waals surface area (Å²) in [4.78, 5) is 24.2. The molecule has 7 heteroatoms. The molecule has 0 radical (unpaired) electrons. The molecule has 0 unspecified atom stereocenters. The molecular weight excluding hydrogens is 394 g/mol. The van der Waals surface area contributed by atoms with Crippen LogP contribution < -0.4 is 15.4 Å². The van der Waals surface area contributed by atoms with E-state index in [-0.39, 0.29) is 24.2 Å². The molecule has 0 bridgehead atoms. The molecule has 160 valence electrons. The van der Waals surface area contributed by atoms with Crippen molar-refractivity contribution in [3.63, 3.8) is 0 Å². The summed E-state index contributed by atoms with van der Waals surface area (Å²) < 4.78 is 10.9. The van der Waals surface area contributed by atoms with Crippen LogP contribution in [0.2, 0.25) is 0 Å². The Kier molecular flexibility index (Phi) is 8.21. The molecule has 1 saturated heterocycles. The summed E-state index contributed by atoms with van der Waals surface area (Å²) in [5, 5.41) is 14.9. The normalized spacial score (nSPS) is 15.7. The smallest absolute Gasteiger partial charge is 0.262 e. The number of nitrogens with one attached hydrogen (secondary N) is 2. The Bertz CT molecular complexity index is 943. The second kappa shape index (κ2) is 11.5. The standard InChI is InChI=1S/C24H25N3O4/c25-14-20(24(29)27-15-19-5-2-1-3-6-19)13-18-8-10-21(11-9-18)31-17-23(28)26-16-22-7-4-12-30-22/h1-3,5-6,8-11,13,22H,4,7,12,15-17H2,(H,26,28)(H,27,29)/b20-13+/t22-/m0/s1. The number of nitrogens with zero attached hydrogens (tertiary/aromatic N) is 1. The zero-order chi connectivity index (χ0) is 21.9. The quantitative estimate of drug-likeness (QED) is 0.481. The number of ether oxygens (including phenoxy) is 2. The Morgan fingerprint density at radius 3 is 2.58 bits per heavy atom. The second-order valence-electron chi connectivity index (χ2n) is 7.13. The van der Waals surface area contributed by atoms with Gasteiger partial charge in [-0.3, -0.25) is 9.59 Å². The zero-order valence-corrected chi connectivity index (χ0v) is 17.2. The van der Waals surface area contributed by atoms with Crippen molar-refractivity contribution in [2.45, 2.75) is 25.5 Å². The highest BCUT2D eigenvalue weighted by molar-refractivity contribution is 6.01. The molecule has 2 aromatic rings. The molecule has 1 atom stereocenters. The fraction of sp³-hybridized carbons (Fsp3) is 0.292. The number of carbonyl (C=O) groups is 2. The van der Waals surface area contributed by atoms with Crippen LogP contribution in [-0.4, -0.2) is 37.7 Å². The van der Waals surface area contributed by atoms with Crippen LogP contribution in [-0.2, 0) is 20.9 Å². The molecule has 2 N–H and O–H groups in total. The van der Waals surface area contributed by atoms with Crippen molar-refractivity contribution >= 4 is 17.9 Å². The molecule has 0 saturated carbocycles. The molecule has 3 rings (SSSR count). The third-order valence-electron chi connectivity index (χ3n) is 4.77. The summed E-state index contributed by atoms with van der Waals surface area (Å²) >= 11 is 0. The topological polar surface area (TPSA) is 100 Å². The molecular formula is C24H25N3O4. The van der Waals surface area contributed by atoms with Gasteiger partial charge in [-0.1, -0.05) is 42.5 Å². The molecule has 1 fully saturated rings. The maximum absolute atomic E-state index is 12.3. The van der Waals surface area contributed by atoms with E-state index in [0.29, 0.717) is 24.4 Å². The second-order valence-corrected chi connectivity index (χ2v) is 7.13. The predicted octanol–water partition coefficient (Wildman–Crippen LogP) is 2.58. The molecule has 31 heavy (non-hydrogen) atoms. The number of rotatable bonds is 9. The fourth-order valence-corrected chi connectivity index (χ4v) is 3.08. The lowest BCUT2D eigenvalue weighted by molar-refractivity contribution is -0.123. The van der Waals surface area contributed by atoms with E-state index in [1.54, 1.807) is 24.3 Å². The Hall–Kier alpha value is -3.63. The van der Waals surface area contributed by atoms with Crippen LogP contribution in [0.1, 0.15) is 24.0 Å². The molecule has 7 nitrogen and oxygen atoms in total.